The van der Waals surface area contributed by atoms with Gasteiger partial charge in [-0.3, -0.25) is 4.79 Å². The lowest BCUT2D eigenvalue weighted by molar-refractivity contribution is 0.0761. The van der Waals surface area contributed by atoms with Crippen LogP contribution in [0.15, 0.2) is 18.2 Å². The van der Waals surface area contributed by atoms with E-state index in [1.54, 1.807) is 12.1 Å². The Hall–Kier alpha value is -1.23. The number of benzene rings is 1. The molecular weight excluding hydrogens is 287 g/mol. The maximum atomic E-state index is 14.0. The van der Waals surface area contributed by atoms with E-state index in [0.717, 1.165) is 31.7 Å². The van der Waals surface area contributed by atoms with Gasteiger partial charge in [0.05, 0.1) is 11.3 Å². The van der Waals surface area contributed by atoms with E-state index in [2.05, 4.69) is 12.2 Å². The second kappa shape index (κ2) is 7.69. The molecule has 21 heavy (non-hydrogen) atoms. The monoisotopic (exact) mass is 310 g/mol. The number of nitrogens with one attached hydrogen (secondary N) is 1. The molecule has 1 aromatic carbocycles. The van der Waals surface area contributed by atoms with Gasteiger partial charge in [0.2, 0.25) is 0 Å². The predicted octanol–water partition coefficient (Wildman–Crippen LogP) is 3.62. The Morgan fingerprint density at radius 2 is 2.29 bits per heavy atom. The largest absolute Gasteiger partial charge is 0.382 e. The number of thioether (sulfide) groups is 1. The molecule has 0 spiro atoms. The summed E-state index contributed by atoms with van der Waals surface area (Å²) in [4.78, 5) is 14.6. The molecule has 1 heterocycles. The number of hydrogen-bond acceptors (Lipinski definition) is 3. The first-order chi connectivity index (χ1) is 10.2. The van der Waals surface area contributed by atoms with E-state index in [0.29, 0.717) is 23.0 Å². The van der Waals surface area contributed by atoms with E-state index in [9.17, 15) is 9.18 Å². The third-order valence-corrected chi connectivity index (χ3v) is 5.05. The Balaban J connectivity index is 2.20. The standard InChI is InChI=1S/C16H23FN2OS/c1-3-8-18-15-13(6-5-7-14(15)17)16(20)19-9-10-21-12(4-2)11-19/h5-7,12,18H,3-4,8-11H2,1-2H3. The Bertz CT molecular complexity index is 495. The van der Waals surface area contributed by atoms with Gasteiger partial charge in [0.25, 0.3) is 5.91 Å². The molecule has 0 radical (unpaired) electrons. The normalized spacial score (nSPS) is 18.6. The Labute approximate surface area is 130 Å². The summed E-state index contributed by atoms with van der Waals surface area (Å²) >= 11 is 1.92. The highest BCUT2D eigenvalue weighted by Crippen LogP contribution is 2.26. The van der Waals surface area contributed by atoms with Crippen LogP contribution >= 0.6 is 11.8 Å². The maximum absolute atomic E-state index is 14.0. The molecule has 1 atom stereocenters. The van der Waals surface area contributed by atoms with Gasteiger partial charge >= 0.3 is 0 Å². The lowest BCUT2D eigenvalue weighted by Crippen LogP contribution is -2.42. The Morgan fingerprint density at radius 1 is 1.48 bits per heavy atom. The van der Waals surface area contributed by atoms with Crippen LogP contribution < -0.4 is 5.32 Å². The molecule has 1 saturated heterocycles. The van der Waals surface area contributed by atoms with Gasteiger partial charge in [-0.15, -0.1) is 0 Å². The van der Waals surface area contributed by atoms with Crippen molar-refractivity contribution >= 4 is 23.4 Å². The summed E-state index contributed by atoms with van der Waals surface area (Å²) in [5.74, 6) is 0.539. The smallest absolute Gasteiger partial charge is 0.256 e. The van der Waals surface area contributed by atoms with E-state index in [4.69, 9.17) is 0 Å². The minimum atomic E-state index is -0.354. The fourth-order valence-corrected chi connectivity index (χ4v) is 3.63. The second-order valence-corrected chi connectivity index (χ2v) is 6.65. The SMILES string of the molecule is CCCNc1c(F)cccc1C(=O)N1CCSC(CC)C1. The van der Waals surface area contributed by atoms with E-state index < -0.39 is 0 Å². The molecule has 1 aliphatic heterocycles. The number of halogens is 1. The van der Waals surface area contributed by atoms with E-state index in [1.807, 2.05) is 23.6 Å². The molecule has 116 valence electrons. The molecule has 1 aliphatic rings. The summed E-state index contributed by atoms with van der Waals surface area (Å²) in [6.45, 7) is 6.31. The molecule has 1 unspecified atom stereocenters. The third kappa shape index (κ3) is 3.90. The average Bonchev–Trinajstić information content (AvgIpc) is 2.53. The second-order valence-electron chi connectivity index (χ2n) is 5.24. The number of rotatable bonds is 5. The Morgan fingerprint density at radius 3 is 3.00 bits per heavy atom. The molecule has 1 amide bonds. The van der Waals surface area contributed by atoms with Gasteiger partial charge in [0.15, 0.2) is 0 Å². The first-order valence-electron chi connectivity index (χ1n) is 7.60. The molecule has 1 aromatic rings. The van der Waals surface area contributed by atoms with Gasteiger partial charge in [0, 0.05) is 30.6 Å². The molecular formula is C16H23FN2OS. The number of anilines is 1. The fraction of sp³-hybridized carbons (Fsp3) is 0.562. The number of nitrogens with zero attached hydrogens (tertiary/aromatic N) is 1. The topological polar surface area (TPSA) is 32.3 Å². The van der Waals surface area contributed by atoms with E-state index in [1.165, 1.54) is 6.07 Å². The van der Waals surface area contributed by atoms with Crippen LogP contribution in [0.4, 0.5) is 10.1 Å². The van der Waals surface area contributed by atoms with Crippen molar-refractivity contribution in [2.24, 2.45) is 0 Å². The van der Waals surface area contributed by atoms with E-state index in [-0.39, 0.29) is 11.7 Å². The maximum Gasteiger partial charge on any atom is 0.256 e. The number of carbonyl (C=O) groups is 1. The average molecular weight is 310 g/mol. The highest BCUT2D eigenvalue weighted by Gasteiger charge is 2.26. The zero-order valence-electron chi connectivity index (χ0n) is 12.7. The van der Waals surface area contributed by atoms with Crippen LogP contribution in [-0.4, -0.2) is 41.4 Å². The van der Waals surface area contributed by atoms with Gasteiger partial charge in [-0.2, -0.15) is 11.8 Å². The van der Waals surface area contributed by atoms with Gasteiger partial charge in [0.1, 0.15) is 5.82 Å². The first-order valence-corrected chi connectivity index (χ1v) is 8.65. The fourth-order valence-electron chi connectivity index (χ4n) is 2.45. The summed E-state index contributed by atoms with van der Waals surface area (Å²) in [5, 5.41) is 3.54. The van der Waals surface area contributed by atoms with Crippen LogP contribution in [0, 0.1) is 5.82 Å². The molecule has 0 bridgehead atoms. The summed E-state index contributed by atoms with van der Waals surface area (Å²) in [7, 11) is 0. The molecule has 0 aromatic heterocycles. The van der Waals surface area contributed by atoms with E-state index >= 15 is 0 Å². The third-order valence-electron chi connectivity index (χ3n) is 3.68. The van der Waals surface area contributed by atoms with Crippen molar-refractivity contribution < 1.29 is 9.18 Å². The summed E-state index contributed by atoms with van der Waals surface area (Å²) in [6.07, 6.45) is 1.94. The molecule has 5 heteroatoms. The zero-order valence-corrected chi connectivity index (χ0v) is 13.5. The lowest BCUT2D eigenvalue weighted by Gasteiger charge is -2.32. The first kappa shape index (κ1) is 16.1. The van der Waals surface area contributed by atoms with Crippen molar-refractivity contribution in [2.45, 2.75) is 31.9 Å². The van der Waals surface area contributed by atoms with Crippen molar-refractivity contribution in [1.82, 2.24) is 4.90 Å². The van der Waals surface area contributed by atoms with Crippen LogP contribution in [0.1, 0.15) is 37.0 Å². The quantitative estimate of drug-likeness (QED) is 0.901. The molecule has 1 N–H and O–H groups in total. The Kier molecular flexibility index (Phi) is 5.91. The lowest BCUT2D eigenvalue weighted by atomic mass is 10.1. The van der Waals surface area contributed by atoms with Crippen LogP contribution in [0.5, 0.6) is 0 Å². The molecule has 1 fully saturated rings. The van der Waals surface area contributed by atoms with Crippen molar-refractivity contribution in [2.75, 3.05) is 30.7 Å². The minimum Gasteiger partial charge on any atom is -0.382 e. The highest BCUT2D eigenvalue weighted by molar-refractivity contribution is 8.00. The van der Waals surface area contributed by atoms with Crippen LogP contribution in [0.2, 0.25) is 0 Å². The molecule has 2 rings (SSSR count). The van der Waals surface area contributed by atoms with Gasteiger partial charge in [-0.1, -0.05) is 19.9 Å². The summed E-state index contributed by atoms with van der Waals surface area (Å²) < 4.78 is 14.0. The van der Waals surface area contributed by atoms with Crippen LogP contribution in [0.25, 0.3) is 0 Å². The predicted molar refractivity (Wildman–Crippen MR) is 87.6 cm³/mol. The molecule has 3 nitrogen and oxygen atoms in total. The zero-order chi connectivity index (χ0) is 15.2. The number of hydrogen-bond donors (Lipinski definition) is 1. The molecule has 0 saturated carbocycles. The van der Waals surface area contributed by atoms with Crippen molar-refractivity contribution in [1.29, 1.82) is 0 Å². The highest BCUT2D eigenvalue weighted by atomic mass is 32.2. The number of carbonyl (C=O) groups excluding carboxylic acids is 1. The summed E-state index contributed by atoms with van der Waals surface area (Å²) in [5.41, 5.74) is 0.792. The van der Waals surface area contributed by atoms with Gasteiger partial charge in [-0.05, 0) is 25.0 Å². The minimum absolute atomic E-state index is 0.0631. The number of amides is 1. The van der Waals surface area contributed by atoms with Crippen molar-refractivity contribution in [3.05, 3.63) is 29.6 Å². The van der Waals surface area contributed by atoms with Crippen LogP contribution in [-0.2, 0) is 0 Å². The van der Waals surface area contributed by atoms with Gasteiger partial charge < -0.3 is 10.2 Å². The summed E-state index contributed by atoms with van der Waals surface area (Å²) in [6, 6.07) is 4.72. The van der Waals surface area contributed by atoms with Crippen LogP contribution in [0.3, 0.4) is 0 Å². The molecule has 0 aliphatic carbocycles. The number of para-hydroxylation sites is 1. The van der Waals surface area contributed by atoms with Crippen molar-refractivity contribution in [3.8, 4) is 0 Å². The van der Waals surface area contributed by atoms with Gasteiger partial charge in [-0.25, -0.2) is 4.39 Å². The van der Waals surface area contributed by atoms with Crippen molar-refractivity contribution in [3.63, 3.8) is 0 Å².